The summed E-state index contributed by atoms with van der Waals surface area (Å²) in [6.45, 7) is 3.47. The maximum Gasteiger partial charge on any atom is 0.191 e. The fraction of sp³-hybridized carbons (Fsp3) is 0.500. The molecule has 0 fully saturated rings. The predicted octanol–water partition coefficient (Wildman–Crippen LogP) is 2.08. The molecule has 1 rings (SSSR count). The van der Waals surface area contributed by atoms with Crippen molar-refractivity contribution in [1.29, 1.82) is 0 Å². The van der Waals surface area contributed by atoms with E-state index in [2.05, 4.69) is 15.6 Å². The molecule has 0 spiro atoms. The van der Waals surface area contributed by atoms with E-state index < -0.39 is 0 Å². The number of aliphatic imine (C=N–C) groups is 1. The third-order valence-corrected chi connectivity index (χ3v) is 3.04. The molecule has 4 nitrogen and oxygen atoms in total. The van der Waals surface area contributed by atoms with Crippen LogP contribution in [0.25, 0.3) is 0 Å². The average Bonchev–Trinajstić information content (AvgIpc) is 2.40. The zero-order valence-corrected chi connectivity index (χ0v) is 12.5. The lowest BCUT2D eigenvalue weighted by atomic mass is 10.1. The number of nitrogens with zero attached hydrogens (tertiary/aromatic N) is 1. The topological polar surface area (TPSA) is 45.7 Å². The first kappa shape index (κ1) is 15.8. The van der Waals surface area contributed by atoms with Crippen LogP contribution in [-0.4, -0.2) is 39.3 Å². The molecule has 0 amide bonds. The van der Waals surface area contributed by atoms with Crippen LogP contribution in [0.4, 0.5) is 0 Å². The molecule has 2 N–H and O–H groups in total. The SMILES string of the molecule is CN=C(NCCc1ccccc1Cl)NC(C)COC. The molecule has 19 heavy (non-hydrogen) atoms. The summed E-state index contributed by atoms with van der Waals surface area (Å²) in [5.74, 6) is 0.775. The standard InChI is InChI=1S/C14H22ClN3O/c1-11(10-19-3)18-14(16-2)17-9-8-12-6-4-5-7-13(12)15/h4-7,11H,8-10H2,1-3H3,(H2,16,17,18). The van der Waals surface area contributed by atoms with Crippen LogP contribution >= 0.6 is 11.6 Å². The van der Waals surface area contributed by atoms with Crippen molar-refractivity contribution in [3.8, 4) is 0 Å². The quantitative estimate of drug-likeness (QED) is 0.621. The average molecular weight is 284 g/mol. The van der Waals surface area contributed by atoms with Gasteiger partial charge in [-0.3, -0.25) is 4.99 Å². The van der Waals surface area contributed by atoms with E-state index >= 15 is 0 Å². The Labute approximate surface area is 120 Å². The second-order valence-corrected chi connectivity index (χ2v) is 4.75. The Morgan fingerprint density at radius 3 is 2.79 bits per heavy atom. The monoisotopic (exact) mass is 283 g/mol. The molecule has 0 radical (unpaired) electrons. The Hall–Kier alpha value is -1.26. The number of ether oxygens (including phenoxy) is 1. The van der Waals surface area contributed by atoms with Gasteiger partial charge in [0, 0.05) is 31.8 Å². The molecule has 0 aliphatic carbocycles. The van der Waals surface area contributed by atoms with E-state index in [0.29, 0.717) is 6.61 Å². The van der Waals surface area contributed by atoms with Crippen LogP contribution in [0.5, 0.6) is 0 Å². The Morgan fingerprint density at radius 1 is 1.42 bits per heavy atom. The summed E-state index contributed by atoms with van der Waals surface area (Å²) in [5, 5.41) is 7.31. The number of hydrogen-bond acceptors (Lipinski definition) is 2. The van der Waals surface area contributed by atoms with Crippen LogP contribution < -0.4 is 10.6 Å². The van der Waals surface area contributed by atoms with Crippen LogP contribution in [-0.2, 0) is 11.2 Å². The van der Waals surface area contributed by atoms with Crippen molar-refractivity contribution in [2.45, 2.75) is 19.4 Å². The van der Waals surface area contributed by atoms with Gasteiger partial charge in [-0.05, 0) is 25.0 Å². The van der Waals surface area contributed by atoms with Gasteiger partial charge in [-0.1, -0.05) is 29.8 Å². The summed E-state index contributed by atoms with van der Waals surface area (Å²) in [4.78, 5) is 4.17. The number of halogens is 1. The zero-order valence-electron chi connectivity index (χ0n) is 11.7. The molecule has 0 saturated carbocycles. The van der Waals surface area contributed by atoms with Gasteiger partial charge in [0.15, 0.2) is 5.96 Å². The number of methoxy groups -OCH3 is 1. The maximum atomic E-state index is 6.11. The molecule has 0 saturated heterocycles. The second-order valence-electron chi connectivity index (χ2n) is 4.34. The summed E-state index contributed by atoms with van der Waals surface area (Å²) in [6, 6.07) is 8.09. The Balaban J connectivity index is 2.36. The summed E-state index contributed by atoms with van der Waals surface area (Å²) in [5.41, 5.74) is 1.14. The molecule has 0 aliphatic rings. The lowest BCUT2D eigenvalue weighted by Gasteiger charge is -2.17. The Morgan fingerprint density at radius 2 is 2.16 bits per heavy atom. The van der Waals surface area contributed by atoms with Crippen molar-refractivity contribution in [2.75, 3.05) is 27.3 Å². The fourth-order valence-electron chi connectivity index (χ4n) is 1.74. The fourth-order valence-corrected chi connectivity index (χ4v) is 1.97. The highest BCUT2D eigenvalue weighted by molar-refractivity contribution is 6.31. The van der Waals surface area contributed by atoms with Crippen LogP contribution in [0.1, 0.15) is 12.5 Å². The smallest absolute Gasteiger partial charge is 0.191 e. The normalized spacial score (nSPS) is 13.2. The Bertz CT molecular complexity index is 409. The van der Waals surface area contributed by atoms with Gasteiger partial charge in [0.2, 0.25) is 0 Å². The molecule has 5 heteroatoms. The number of hydrogen-bond donors (Lipinski definition) is 2. The lowest BCUT2D eigenvalue weighted by Crippen LogP contribution is -2.44. The van der Waals surface area contributed by atoms with Crippen LogP contribution in [0.2, 0.25) is 5.02 Å². The van der Waals surface area contributed by atoms with E-state index in [0.717, 1.165) is 29.5 Å². The first-order chi connectivity index (χ1) is 9.17. The lowest BCUT2D eigenvalue weighted by molar-refractivity contribution is 0.179. The van der Waals surface area contributed by atoms with Crippen molar-refractivity contribution in [2.24, 2.45) is 4.99 Å². The van der Waals surface area contributed by atoms with Gasteiger partial charge in [0.1, 0.15) is 0 Å². The third kappa shape index (κ3) is 5.94. The molecule has 0 bridgehead atoms. The minimum Gasteiger partial charge on any atom is -0.383 e. The summed E-state index contributed by atoms with van der Waals surface area (Å²) < 4.78 is 5.08. The predicted molar refractivity (Wildman–Crippen MR) is 81.0 cm³/mol. The number of benzene rings is 1. The molecule has 0 aliphatic heterocycles. The van der Waals surface area contributed by atoms with Crippen molar-refractivity contribution in [1.82, 2.24) is 10.6 Å². The van der Waals surface area contributed by atoms with Crippen molar-refractivity contribution in [3.63, 3.8) is 0 Å². The minimum atomic E-state index is 0.219. The van der Waals surface area contributed by atoms with Gasteiger partial charge in [0.05, 0.1) is 6.61 Å². The summed E-state index contributed by atoms with van der Waals surface area (Å²) >= 11 is 6.11. The van der Waals surface area contributed by atoms with E-state index in [4.69, 9.17) is 16.3 Å². The molecule has 1 aromatic carbocycles. The first-order valence-corrected chi connectivity index (χ1v) is 6.74. The van der Waals surface area contributed by atoms with Gasteiger partial charge in [0.25, 0.3) is 0 Å². The van der Waals surface area contributed by atoms with E-state index in [1.807, 2.05) is 31.2 Å². The van der Waals surface area contributed by atoms with Gasteiger partial charge in [-0.25, -0.2) is 0 Å². The first-order valence-electron chi connectivity index (χ1n) is 6.37. The van der Waals surface area contributed by atoms with E-state index in [9.17, 15) is 0 Å². The number of nitrogens with one attached hydrogen (secondary N) is 2. The Kier molecular flexibility index (Phi) is 7.30. The van der Waals surface area contributed by atoms with Crippen LogP contribution in [0.15, 0.2) is 29.3 Å². The highest BCUT2D eigenvalue weighted by Crippen LogP contribution is 2.14. The molecule has 1 atom stereocenters. The molecule has 1 unspecified atom stereocenters. The maximum absolute atomic E-state index is 6.11. The zero-order chi connectivity index (χ0) is 14.1. The van der Waals surface area contributed by atoms with Crippen LogP contribution in [0.3, 0.4) is 0 Å². The van der Waals surface area contributed by atoms with E-state index in [1.54, 1.807) is 14.2 Å². The molecular formula is C14H22ClN3O. The third-order valence-electron chi connectivity index (χ3n) is 2.67. The van der Waals surface area contributed by atoms with Gasteiger partial charge in [-0.15, -0.1) is 0 Å². The molecule has 1 aromatic rings. The van der Waals surface area contributed by atoms with Crippen molar-refractivity contribution < 1.29 is 4.74 Å². The number of rotatable bonds is 6. The molecular weight excluding hydrogens is 262 g/mol. The largest absolute Gasteiger partial charge is 0.383 e. The van der Waals surface area contributed by atoms with Gasteiger partial charge >= 0.3 is 0 Å². The molecule has 106 valence electrons. The van der Waals surface area contributed by atoms with Crippen molar-refractivity contribution >= 4 is 17.6 Å². The van der Waals surface area contributed by atoms with Gasteiger partial charge in [-0.2, -0.15) is 0 Å². The molecule has 0 aromatic heterocycles. The summed E-state index contributed by atoms with van der Waals surface area (Å²) in [7, 11) is 3.44. The van der Waals surface area contributed by atoms with Gasteiger partial charge < -0.3 is 15.4 Å². The second kappa shape index (κ2) is 8.77. The van der Waals surface area contributed by atoms with Crippen LogP contribution in [0, 0.1) is 0 Å². The van der Waals surface area contributed by atoms with E-state index in [1.165, 1.54) is 0 Å². The minimum absolute atomic E-state index is 0.219. The highest BCUT2D eigenvalue weighted by Gasteiger charge is 2.04. The highest BCUT2D eigenvalue weighted by atomic mass is 35.5. The number of guanidine groups is 1. The van der Waals surface area contributed by atoms with Crippen molar-refractivity contribution in [3.05, 3.63) is 34.9 Å². The van der Waals surface area contributed by atoms with E-state index in [-0.39, 0.29) is 6.04 Å². The molecule has 0 heterocycles. The summed E-state index contributed by atoms with van der Waals surface area (Å²) in [6.07, 6.45) is 0.860.